The zero-order valence-corrected chi connectivity index (χ0v) is 15.3. The van der Waals surface area contributed by atoms with E-state index < -0.39 is 21.9 Å². The first-order chi connectivity index (χ1) is 12.4. The van der Waals surface area contributed by atoms with Crippen molar-refractivity contribution in [2.75, 3.05) is 7.11 Å². The molecule has 3 aromatic rings. The molecule has 2 aromatic heterocycles. The Hall–Kier alpha value is -2.20. The van der Waals surface area contributed by atoms with Crippen LogP contribution in [-0.4, -0.2) is 20.6 Å². The summed E-state index contributed by atoms with van der Waals surface area (Å²) in [5.74, 6) is -0.214. The molecule has 0 aliphatic heterocycles. The summed E-state index contributed by atoms with van der Waals surface area (Å²) in [6, 6.07) is 10.0. The lowest BCUT2D eigenvalue weighted by Crippen LogP contribution is -2.23. The van der Waals surface area contributed by atoms with E-state index in [-0.39, 0.29) is 17.2 Å². The molecule has 1 aromatic carbocycles. The summed E-state index contributed by atoms with van der Waals surface area (Å²) in [5.41, 5.74) is 0. The maximum atomic E-state index is 13.4. The molecule has 6 nitrogen and oxygen atoms in total. The van der Waals surface area contributed by atoms with Gasteiger partial charge in [-0.1, -0.05) is 0 Å². The highest BCUT2D eigenvalue weighted by Gasteiger charge is 2.21. The molecule has 3 rings (SSSR count). The molecule has 0 aliphatic rings. The van der Waals surface area contributed by atoms with Gasteiger partial charge in [0.15, 0.2) is 0 Å². The minimum Gasteiger partial charge on any atom is -0.495 e. The first kappa shape index (κ1) is 18.6. The Morgan fingerprint density at radius 3 is 2.81 bits per heavy atom. The Balaban J connectivity index is 1.74. The van der Waals surface area contributed by atoms with Crippen molar-refractivity contribution in [1.29, 1.82) is 0 Å². The van der Waals surface area contributed by atoms with Gasteiger partial charge in [-0.3, -0.25) is 0 Å². The summed E-state index contributed by atoms with van der Waals surface area (Å²) in [6.07, 6.45) is 0.553. The van der Waals surface area contributed by atoms with Gasteiger partial charge in [0, 0.05) is 16.3 Å². The van der Waals surface area contributed by atoms with Gasteiger partial charge in [0.25, 0.3) is 0 Å². The van der Waals surface area contributed by atoms with E-state index in [1.54, 1.807) is 24.3 Å². The number of furan rings is 1. The fourth-order valence-corrected chi connectivity index (χ4v) is 4.55. The van der Waals surface area contributed by atoms with Crippen LogP contribution in [0, 0.1) is 5.82 Å². The largest absolute Gasteiger partial charge is 0.495 e. The molecule has 2 N–H and O–H groups in total. The number of hydrogen-bond acceptors (Lipinski definition) is 6. The van der Waals surface area contributed by atoms with E-state index in [0.29, 0.717) is 15.5 Å². The molecule has 0 spiro atoms. The molecule has 0 amide bonds. The number of thiophene rings is 1. The quantitative estimate of drug-likeness (QED) is 0.640. The summed E-state index contributed by atoms with van der Waals surface area (Å²) in [5, 5.41) is 10.2. The average Bonchev–Trinajstić information content (AvgIpc) is 3.31. The molecule has 1 atom stereocenters. The second kappa shape index (κ2) is 7.58. The normalized spacial score (nSPS) is 12.9. The van der Waals surface area contributed by atoms with Gasteiger partial charge in [-0.05, 0) is 42.5 Å². The third-order valence-electron chi connectivity index (χ3n) is 3.62. The zero-order chi connectivity index (χ0) is 18.7. The molecule has 138 valence electrons. The summed E-state index contributed by atoms with van der Waals surface area (Å²) in [4.78, 5) is 1.04. The van der Waals surface area contributed by atoms with E-state index >= 15 is 0 Å². The molecule has 0 aliphatic carbocycles. The summed E-state index contributed by atoms with van der Waals surface area (Å²) >= 11 is 1.25. The molecule has 0 saturated heterocycles. The number of halogens is 1. The van der Waals surface area contributed by atoms with Crippen LogP contribution < -0.4 is 9.46 Å². The number of rotatable bonds is 7. The van der Waals surface area contributed by atoms with Crippen molar-refractivity contribution in [3.63, 3.8) is 0 Å². The monoisotopic (exact) mass is 397 g/mol. The van der Waals surface area contributed by atoms with Crippen LogP contribution in [0.3, 0.4) is 0 Å². The highest BCUT2D eigenvalue weighted by molar-refractivity contribution is 7.89. The lowest BCUT2D eigenvalue weighted by atomic mass is 10.2. The minimum atomic E-state index is -3.97. The van der Waals surface area contributed by atoms with Crippen molar-refractivity contribution >= 4 is 21.4 Å². The van der Waals surface area contributed by atoms with Gasteiger partial charge in [-0.15, -0.1) is 11.3 Å². The highest BCUT2D eigenvalue weighted by Crippen LogP contribution is 2.29. The summed E-state index contributed by atoms with van der Waals surface area (Å²) < 4.78 is 50.9. The topological polar surface area (TPSA) is 88.8 Å². The molecule has 0 saturated carbocycles. The molecular weight excluding hydrogens is 381 g/mol. The molecular formula is C17H16FNO5S2. The lowest BCUT2D eigenvalue weighted by Gasteiger charge is -2.10. The number of sulfonamides is 1. The maximum Gasteiger partial charge on any atom is 0.244 e. The number of aliphatic hydroxyl groups is 1. The average molecular weight is 397 g/mol. The Morgan fingerprint density at radius 1 is 1.31 bits per heavy atom. The van der Waals surface area contributed by atoms with Gasteiger partial charge in [-0.2, -0.15) is 0 Å². The third-order valence-corrected chi connectivity index (χ3v) is 6.18. The van der Waals surface area contributed by atoms with Crippen LogP contribution >= 0.6 is 11.3 Å². The predicted molar refractivity (Wildman–Crippen MR) is 94.1 cm³/mol. The number of nitrogens with one attached hydrogen (secondary N) is 1. The fourth-order valence-electron chi connectivity index (χ4n) is 2.33. The molecule has 1 unspecified atom stereocenters. The minimum absolute atomic E-state index is 0.00244. The van der Waals surface area contributed by atoms with Crippen LogP contribution in [0.25, 0.3) is 0 Å². The predicted octanol–water partition coefficient (Wildman–Crippen LogP) is 3.05. The highest BCUT2D eigenvalue weighted by atomic mass is 32.2. The SMILES string of the molecule is COc1ccc(F)cc1S(=O)(=O)NCc1ccc(C(O)c2ccco2)s1. The van der Waals surface area contributed by atoms with E-state index in [9.17, 15) is 17.9 Å². The van der Waals surface area contributed by atoms with Crippen molar-refractivity contribution in [3.8, 4) is 5.75 Å². The number of methoxy groups -OCH3 is 1. The second-order valence-corrected chi connectivity index (χ2v) is 8.28. The molecule has 26 heavy (non-hydrogen) atoms. The van der Waals surface area contributed by atoms with Crippen molar-refractivity contribution in [2.24, 2.45) is 0 Å². The van der Waals surface area contributed by atoms with Gasteiger partial charge in [-0.25, -0.2) is 17.5 Å². The van der Waals surface area contributed by atoms with Crippen molar-refractivity contribution in [3.05, 3.63) is 70.1 Å². The van der Waals surface area contributed by atoms with Gasteiger partial charge in [0.05, 0.1) is 13.4 Å². The number of ether oxygens (including phenoxy) is 1. The smallest absolute Gasteiger partial charge is 0.244 e. The van der Waals surface area contributed by atoms with Gasteiger partial charge in [0.2, 0.25) is 10.0 Å². The van der Waals surface area contributed by atoms with E-state index in [2.05, 4.69) is 4.72 Å². The molecule has 0 fully saturated rings. The van der Waals surface area contributed by atoms with E-state index in [1.807, 2.05) is 0 Å². The number of benzene rings is 1. The van der Waals surface area contributed by atoms with Crippen LogP contribution in [0.15, 0.2) is 58.0 Å². The van der Waals surface area contributed by atoms with Crippen LogP contribution in [0.4, 0.5) is 4.39 Å². The molecule has 2 heterocycles. The van der Waals surface area contributed by atoms with Crippen molar-refractivity contribution in [1.82, 2.24) is 4.72 Å². The number of hydrogen-bond donors (Lipinski definition) is 2. The standard InChI is InChI=1S/C17H16FNO5S2/c1-23-13-6-4-11(18)9-16(13)26(21,22)19-10-12-5-7-15(25-12)17(20)14-3-2-8-24-14/h2-9,17,19-20H,10H2,1H3. The Kier molecular flexibility index (Phi) is 5.42. The van der Waals surface area contributed by atoms with Gasteiger partial charge >= 0.3 is 0 Å². The fraction of sp³-hybridized carbons (Fsp3) is 0.176. The molecule has 9 heteroatoms. The van der Waals surface area contributed by atoms with Crippen LogP contribution in [0.5, 0.6) is 5.75 Å². The van der Waals surface area contributed by atoms with Crippen LogP contribution in [0.2, 0.25) is 0 Å². The first-order valence-corrected chi connectivity index (χ1v) is 9.84. The summed E-state index contributed by atoms with van der Waals surface area (Å²) in [6.45, 7) is -0.00244. The Labute approximate surface area is 153 Å². The molecule has 0 bridgehead atoms. The number of aliphatic hydroxyl groups excluding tert-OH is 1. The summed E-state index contributed by atoms with van der Waals surface area (Å²) in [7, 11) is -2.65. The van der Waals surface area contributed by atoms with Crippen LogP contribution in [-0.2, 0) is 16.6 Å². The van der Waals surface area contributed by atoms with Crippen molar-refractivity contribution in [2.45, 2.75) is 17.5 Å². The third kappa shape index (κ3) is 3.96. The van der Waals surface area contributed by atoms with Gasteiger partial charge < -0.3 is 14.3 Å². The van der Waals surface area contributed by atoms with E-state index in [0.717, 1.165) is 12.1 Å². The second-order valence-electron chi connectivity index (χ2n) is 5.34. The Morgan fingerprint density at radius 2 is 2.12 bits per heavy atom. The molecule has 0 radical (unpaired) electrons. The van der Waals surface area contributed by atoms with E-state index in [1.165, 1.54) is 30.8 Å². The Bertz CT molecular complexity index is 983. The lowest BCUT2D eigenvalue weighted by molar-refractivity contribution is 0.193. The first-order valence-electron chi connectivity index (χ1n) is 7.54. The maximum absolute atomic E-state index is 13.4. The van der Waals surface area contributed by atoms with Gasteiger partial charge in [0.1, 0.15) is 28.3 Å². The van der Waals surface area contributed by atoms with E-state index in [4.69, 9.17) is 9.15 Å². The van der Waals surface area contributed by atoms with Crippen LogP contribution in [0.1, 0.15) is 21.6 Å². The zero-order valence-electron chi connectivity index (χ0n) is 13.7. The van der Waals surface area contributed by atoms with Crippen molar-refractivity contribution < 1.29 is 27.1 Å².